The standard InChI is InChI=1S/C19H23N5OS.2ClH/c1-25-16-3-5-17(6-4-16)26-12-11-23-10-8-21-19(23)18-13-15-14-20-7-2-9-24(15)22-18;;/h3-6,8,10,13,20H,2,7,9,11-12,14H2,1H3;2*1H. The minimum atomic E-state index is 0. The van der Waals surface area contributed by atoms with Crippen LogP contribution in [0.1, 0.15) is 12.1 Å². The molecule has 1 aromatic carbocycles. The molecule has 3 heterocycles. The normalized spacial score (nSPS) is 13.0. The molecule has 1 aliphatic rings. The highest BCUT2D eigenvalue weighted by Crippen LogP contribution is 2.23. The molecule has 0 unspecified atom stereocenters. The summed E-state index contributed by atoms with van der Waals surface area (Å²) in [6.07, 6.45) is 5.00. The molecule has 0 bridgehead atoms. The molecule has 1 aliphatic heterocycles. The third-order valence-corrected chi connectivity index (χ3v) is 5.49. The van der Waals surface area contributed by atoms with Gasteiger partial charge in [0.1, 0.15) is 11.4 Å². The Bertz CT molecular complexity index is 842. The molecule has 6 nitrogen and oxygen atoms in total. The quantitative estimate of drug-likeness (QED) is 0.588. The number of nitrogens with zero attached hydrogens (tertiary/aromatic N) is 4. The lowest BCUT2D eigenvalue weighted by Gasteiger charge is -2.07. The summed E-state index contributed by atoms with van der Waals surface area (Å²) in [5.74, 6) is 2.81. The second kappa shape index (κ2) is 10.8. The predicted molar refractivity (Wildman–Crippen MR) is 118 cm³/mol. The summed E-state index contributed by atoms with van der Waals surface area (Å²) in [6.45, 7) is 3.79. The third-order valence-electron chi connectivity index (χ3n) is 4.50. The Morgan fingerprint density at radius 2 is 2.04 bits per heavy atom. The van der Waals surface area contributed by atoms with Crippen LogP contribution in [-0.4, -0.2) is 38.7 Å². The van der Waals surface area contributed by atoms with Gasteiger partial charge in [0.05, 0.1) is 12.8 Å². The minimum Gasteiger partial charge on any atom is -0.497 e. The molecule has 28 heavy (non-hydrogen) atoms. The van der Waals surface area contributed by atoms with Crippen LogP contribution in [0, 0.1) is 0 Å². The zero-order chi connectivity index (χ0) is 17.8. The second-order valence-electron chi connectivity index (χ2n) is 6.24. The molecule has 0 fully saturated rings. The molecular formula is C19H25Cl2N5OS. The Labute approximate surface area is 181 Å². The number of thioether (sulfide) groups is 1. The number of halogens is 2. The Morgan fingerprint density at radius 1 is 1.21 bits per heavy atom. The fraction of sp³-hybridized carbons (Fsp3) is 0.368. The first-order valence-electron chi connectivity index (χ1n) is 8.89. The van der Waals surface area contributed by atoms with Gasteiger partial charge in [0.2, 0.25) is 0 Å². The van der Waals surface area contributed by atoms with Gasteiger partial charge in [-0.1, -0.05) is 0 Å². The van der Waals surface area contributed by atoms with Crippen molar-refractivity contribution in [1.29, 1.82) is 0 Å². The van der Waals surface area contributed by atoms with Crippen molar-refractivity contribution >= 4 is 36.6 Å². The van der Waals surface area contributed by atoms with Crippen molar-refractivity contribution in [1.82, 2.24) is 24.6 Å². The molecule has 0 spiro atoms. The molecular weight excluding hydrogens is 417 g/mol. The number of methoxy groups -OCH3 is 1. The van der Waals surface area contributed by atoms with Crippen molar-refractivity contribution in [3.63, 3.8) is 0 Å². The van der Waals surface area contributed by atoms with E-state index in [9.17, 15) is 0 Å². The molecule has 4 rings (SSSR count). The zero-order valence-electron chi connectivity index (χ0n) is 15.7. The minimum absolute atomic E-state index is 0. The van der Waals surface area contributed by atoms with E-state index in [1.54, 1.807) is 7.11 Å². The summed E-state index contributed by atoms with van der Waals surface area (Å²) in [7, 11) is 1.69. The average molecular weight is 442 g/mol. The molecule has 0 atom stereocenters. The first kappa shape index (κ1) is 22.6. The van der Waals surface area contributed by atoms with Gasteiger partial charge in [-0.3, -0.25) is 4.68 Å². The van der Waals surface area contributed by atoms with Crippen LogP contribution in [0.4, 0.5) is 0 Å². The molecule has 3 aromatic rings. The number of nitrogens with one attached hydrogen (secondary N) is 1. The highest BCUT2D eigenvalue weighted by Gasteiger charge is 2.15. The van der Waals surface area contributed by atoms with Gasteiger partial charge in [0.15, 0.2) is 5.82 Å². The number of aromatic nitrogens is 4. The lowest BCUT2D eigenvalue weighted by atomic mass is 10.3. The third kappa shape index (κ3) is 5.23. The van der Waals surface area contributed by atoms with Gasteiger partial charge < -0.3 is 14.6 Å². The molecule has 152 valence electrons. The number of aryl methyl sites for hydroxylation is 2. The van der Waals surface area contributed by atoms with Crippen LogP contribution >= 0.6 is 36.6 Å². The van der Waals surface area contributed by atoms with Gasteiger partial charge >= 0.3 is 0 Å². The van der Waals surface area contributed by atoms with Crippen LogP contribution in [0.5, 0.6) is 5.75 Å². The van der Waals surface area contributed by atoms with Crippen molar-refractivity contribution in [2.75, 3.05) is 19.4 Å². The maximum atomic E-state index is 5.20. The van der Waals surface area contributed by atoms with E-state index < -0.39 is 0 Å². The summed E-state index contributed by atoms with van der Waals surface area (Å²) in [4.78, 5) is 5.79. The highest BCUT2D eigenvalue weighted by atomic mass is 35.5. The van der Waals surface area contributed by atoms with E-state index in [0.717, 1.165) is 55.6 Å². The fourth-order valence-electron chi connectivity index (χ4n) is 3.13. The molecule has 0 amide bonds. The van der Waals surface area contributed by atoms with Gasteiger partial charge in [-0.05, 0) is 43.3 Å². The van der Waals surface area contributed by atoms with Crippen LogP contribution in [0.15, 0.2) is 47.6 Å². The molecule has 9 heteroatoms. The largest absolute Gasteiger partial charge is 0.497 e. The van der Waals surface area contributed by atoms with E-state index in [-0.39, 0.29) is 24.8 Å². The fourth-order valence-corrected chi connectivity index (χ4v) is 3.98. The Morgan fingerprint density at radius 3 is 2.82 bits per heavy atom. The van der Waals surface area contributed by atoms with E-state index in [1.165, 1.54) is 10.6 Å². The van der Waals surface area contributed by atoms with Gasteiger partial charge in [-0.2, -0.15) is 5.10 Å². The summed E-state index contributed by atoms with van der Waals surface area (Å²) in [6, 6.07) is 10.3. The van der Waals surface area contributed by atoms with Gasteiger partial charge in [-0.25, -0.2) is 4.98 Å². The summed E-state index contributed by atoms with van der Waals surface area (Å²) in [5, 5.41) is 8.21. The van der Waals surface area contributed by atoms with Crippen LogP contribution < -0.4 is 10.1 Å². The highest BCUT2D eigenvalue weighted by molar-refractivity contribution is 7.99. The van der Waals surface area contributed by atoms with Crippen LogP contribution in [0.3, 0.4) is 0 Å². The molecule has 0 aliphatic carbocycles. The molecule has 0 radical (unpaired) electrons. The van der Waals surface area contributed by atoms with E-state index in [1.807, 2.05) is 36.3 Å². The van der Waals surface area contributed by atoms with Crippen molar-refractivity contribution < 1.29 is 4.74 Å². The number of ether oxygens (including phenoxy) is 1. The number of hydrogen-bond donors (Lipinski definition) is 1. The van der Waals surface area contributed by atoms with E-state index in [0.29, 0.717) is 0 Å². The summed E-state index contributed by atoms with van der Waals surface area (Å²) < 4.78 is 9.50. The number of fused-ring (bicyclic) bond motifs is 1. The lowest BCUT2D eigenvalue weighted by Crippen LogP contribution is -2.11. The molecule has 0 saturated heterocycles. The number of hydrogen-bond acceptors (Lipinski definition) is 5. The smallest absolute Gasteiger partial charge is 0.160 e. The summed E-state index contributed by atoms with van der Waals surface area (Å²) >= 11 is 1.83. The van der Waals surface area contributed by atoms with Crippen LogP contribution in [-0.2, 0) is 19.6 Å². The van der Waals surface area contributed by atoms with Crippen molar-refractivity contribution in [2.24, 2.45) is 0 Å². The van der Waals surface area contributed by atoms with E-state index in [2.05, 4.69) is 37.7 Å². The van der Waals surface area contributed by atoms with Crippen molar-refractivity contribution in [2.45, 2.75) is 31.0 Å². The van der Waals surface area contributed by atoms with Gasteiger partial charge in [-0.15, -0.1) is 36.6 Å². The van der Waals surface area contributed by atoms with Crippen LogP contribution in [0.2, 0.25) is 0 Å². The van der Waals surface area contributed by atoms with E-state index in [4.69, 9.17) is 9.84 Å². The monoisotopic (exact) mass is 441 g/mol. The van der Waals surface area contributed by atoms with Gasteiger partial charge in [0, 0.05) is 42.7 Å². The first-order chi connectivity index (χ1) is 12.8. The first-order valence-corrected chi connectivity index (χ1v) is 9.88. The molecule has 1 N–H and O–H groups in total. The number of rotatable bonds is 6. The number of benzene rings is 1. The zero-order valence-corrected chi connectivity index (χ0v) is 18.2. The SMILES string of the molecule is COc1ccc(SCCn2ccnc2-c2cc3n(n2)CCCNC3)cc1.Cl.Cl. The maximum Gasteiger partial charge on any atom is 0.160 e. The maximum absolute atomic E-state index is 5.20. The Kier molecular flexibility index (Phi) is 8.69. The Balaban J connectivity index is 0.00000140. The van der Waals surface area contributed by atoms with Gasteiger partial charge in [0.25, 0.3) is 0 Å². The topological polar surface area (TPSA) is 56.9 Å². The second-order valence-corrected chi connectivity index (χ2v) is 7.41. The van der Waals surface area contributed by atoms with Crippen LogP contribution in [0.25, 0.3) is 11.5 Å². The summed E-state index contributed by atoms with van der Waals surface area (Å²) in [5.41, 5.74) is 2.20. The predicted octanol–water partition coefficient (Wildman–Crippen LogP) is 3.88. The Hall–Kier alpha value is -1.67. The molecule has 0 saturated carbocycles. The number of imidazole rings is 1. The lowest BCUT2D eigenvalue weighted by molar-refractivity contribution is 0.414. The molecule has 2 aromatic heterocycles. The van der Waals surface area contributed by atoms with Crippen molar-refractivity contribution in [3.05, 3.63) is 48.4 Å². The van der Waals surface area contributed by atoms with Crippen molar-refractivity contribution in [3.8, 4) is 17.3 Å². The average Bonchev–Trinajstić information content (AvgIpc) is 3.24. The van der Waals surface area contributed by atoms with E-state index >= 15 is 0 Å².